The lowest BCUT2D eigenvalue weighted by Gasteiger charge is -2.38. The monoisotopic (exact) mass is 374 g/mol. The highest BCUT2D eigenvalue weighted by atomic mass is 32.1. The van der Waals surface area contributed by atoms with Crippen molar-refractivity contribution in [3.8, 4) is 0 Å². The minimum Gasteiger partial charge on any atom is -0.481 e. The van der Waals surface area contributed by atoms with Crippen molar-refractivity contribution >= 4 is 39.2 Å². The number of amides is 1. The number of carboxylic acid groups (broad SMARTS) is 1. The summed E-state index contributed by atoms with van der Waals surface area (Å²) < 4.78 is 0. The van der Waals surface area contributed by atoms with E-state index >= 15 is 0 Å². The summed E-state index contributed by atoms with van der Waals surface area (Å²) in [6.07, 6.45) is 3.85. The van der Waals surface area contributed by atoms with E-state index in [2.05, 4.69) is 14.9 Å². The maximum absolute atomic E-state index is 13.2. The molecule has 2 aromatic heterocycles. The Morgan fingerprint density at radius 3 is 2.88 bits per heavy atom. The summed E-state index contributed by atoms with van der Waals surface area (Å²) in [5.41, 5.74) is 0. The maximum Gasteiger partial charge on any atom is 0.306 e. The van der Waals surface area contributed by atoms with Gasteiger partial charge in [0.25, 0.3) is 0 Å². The van der Waals surface area contributed by atoms with E-state index < -0.39 is 5.97 Å². The topological polar surface area (TPSA) is 86.6 Å². The first-order valence-electron chi connectivity index (χ1n) is 9.02. The summed E-state index contributed by atoms with van der Waals surface area (Å²) in [6.45, 7) is 3.75. The van der Waals surface area contributed by atoms with Crippen molar-refractivity contribution < 1.29 is 14.7 Å². The number of carbonyl (C=O) groups is 2. The third kappa shape index (κ3) is 2.92. The van der Waals surface area contributed by atoms with Gasteiger partial charge in [0, 0.05) is 19.6 Å². The Labute approximate surface area is 155 Å². The number of hydrogen-bond donors (Lipinski definition) is 1. The average molecular weight is 374 g/mol. The van der Waals surface area contributed by atoms with Crippen molar-refractivity contribution in [2.75, 3.05) is 24.5 Å². The molecule has 2 fully saturated rings. The van der Waals surface area contributed by atoms with E-state index in [-0.39, 0.29) is 23.8 Å². The lowest BCUT2D eigenvalue weighted by molar-refractivity contribution is -0.148. The van der Waals surface area contributed by atoms with E-state index in [1.165, 1.54) is 0 Å². The van der Waals surface area contributed by atoms with Gasteiger partial charge in [-0.1, -0.05) is 6.92 Å². The molecule has 0 bridgehead atoms. The second-order valence-electron chi connectivity index (χ2n) is 7.18. The van der Waals surface area contributed by atoms with Gasteiger partial charge in [0.15, 0.2) is 0 Å². The molecule has 0 radical (unpaired) electrons. The van der Waals surface area contributed by atoms with Gasteiger partial charge in [-0.15, -0.1) is 11.3 Å². The number of carbonyl (C=O) groups excluding carboxylic acids is 1. The number of thiophene rings is 1. The summed E-state index contributed by atoms with van der Waals surface area (Å²) in [5.74, 6) is -0.206. The van der Waals surface area contributed by atoms with Crippen molar-refractivity contribution in [3.63, 3.8) is 0 Å². The zero-order chi connectivity index (χ0) is 18.3. The molecule has 2 aliphatic heterocycles. The number of likely N-dealkylation sites (tertiary alicyclic amines) is 1. The number of aliphatic carboxylic acids is 1. The fourth-order valence-corrected chi connectivity index (χ4v) is 4.93. The first-order valence-corrected chi connectivity index (χ1v) is 9.90. The minimum atomic E-state index is -0.757. The molecule has 26 heavy (non-hydrogen) atoms. The van der Waals surface area contributed by atoms with E-state index in [4.69, 9.17) is 0 Å². The highest BCUT2D eigenvalue weighted by Crippen LogP contribution is 2.33. The predicted molar refractivity (Wildman–Crippen MR) is 99.3 cm³/mol. The van der Waals surface area contributed by atoms with E-state index in [1.54, 1.807) is 17.7 Å². The van der Waals surface area contributed by atoms with Crippen LogP contribution in [0, 0.1) is 11.8 Å². The van der Waals surface area contributed by atoms with E-state index in [9.17, 15) is 14.7 Å². The van der Waals surface area contributed by atoms with Gasteiger partial charge in [-0.2, -0.15) is 0 Å². The Bertz CT molecular complexity index is 839. The van der Waals surface area contributed by atoms with Gasteiger partial charge < -0.3 is 14.9 Å². The van der Waals surface area contributed by atoms with Crippen LogP contribution in [0.3, 0.4) is 0 Å². The van der Waals surface area contributed by atoms with Crippen molar-refractivity contribution in [1.82, 2.24) is 14.9 Å². The molecule has 8 heteroatoms. The fraction of sp³-hybridized carbons (Fsp3) is 0.556. The van der Waals surface area contributed by atoms with Crippen LogP contribution >= 0.6 is 11.3 Å². The Hall–Kier alpha value is -2.22. The van der Waals surface area contributed by atoms with Crippen LogP contribution in [0.5, 0.6) is 0 Å². The summed E-state index contributed by atoms with van der Waals surface area (Å²) in [5, 5.41) is 12.3. The largest absolute Gasteiger partial charge is 0.481 e. The summed E-state index contributed by atoms with van der Waals surface area (Å²) >= 11 is 1.57. The molecule has 0 aliphatic carbocycles. The number of piperidine rings is 1. The molecule has 1 N–H and O–H groups in total. The van der Waals surface area contributed by atoms with Gasteiger partial charge in [-0.25, -0.2) is 9.97 Å². The number of rotatable bonds is 3. The Balaban J connectivity index is 1.54. The Kier molecular flexibility index (Phi) is 4.52. The number of hydrogen-bond acceptors (Lipinski definition) is 6. The SMILES string of the molecule is CC1CN(C(=O)C2CCCN2c2ncnc3sccc23)CCC1C(=O)O. The summed E-state index contributed by atoms with van der Waals surface area (Å²) in [4.78, 5) is 38.1. The maximum atomic E-state index is 13.2. The molecular weight excluding hydrogens is 352 g/mol. The standard InChI is InChI=1S/C18H22N4O3S/c1-11-9-21(7-4-12(11)18(24)25)17(23)14-3-2-6-22(14)15-13-5-8-26-16(13)20-10-19-15/h5,8,10-12,14H,2-4,6-7,9H2,1H3,(H,24,25). The summed E-state index contributed by atoms with van der Waals surface area (Å²) in [7, 11) is 0. The molecule has 0 saturated carbocycles. The molecule has 1 amide bonds. The Morgan fingerprint density at radius 2 is 2.12 bits per heavy atom. The molecule has 3 atom stereocenters. The van der Waals surface area contributed by atoms with Crippen LogP contribution in [-0.2, 0) is 9.59 Å². The number of anilines is 1. The zero-order valence-corrected chi connectivity index (χ0v) is 15.5. The number of carboxylic acids is 1. The lowest BCUT2D eigenvalue weighted by atomic mass is 9.86. The number of fused-ring (bicyclic) bond motifs is 1. The van der Waals surface area contributed by atoms with Crippen LogP contribution in [0.1, 0.15) is 26.2 Å². The lowest BCUT2D eigenvalue weighted by Crippen LogP contribution is -2.51. The van der Waals surface area contributed by atoms with Crippen LogP contribution in [0.25, 0.3) is 10.2 Å². The van der Waals surface area contributed by atoms with Gasteiger partial charge >= 0.3 is 5.97 Å². The molecule has 2 saturated heterocycles. The average Bonchev–Trinajstić information content (AvgIpc) is 3.29. The first kappa shape index (κ1) is 17.2. The van der Waals surface area contributed by atoms with Crippen LogP contribution in [0.4, 0.5) is 5.82 Å². The van der Waals surface area contributed by atoms with Crippen molar-refractivity contribution in [1.29, 1.82) is 0 Å². The molecule has 0 aromatic carbocycles. The smallest absolute Gasteiger partial charge is 0.306 e. The second-order valence-corrected chi connectivity index (χ2v) is 8.08. The molecule has 7 nitrogen and oxygen atoms in total. The van der Waals surface area contributed by atoms with Crippen molar-refractivity contribution in [2.45, 2.75) is 32.2 Å². The molecule has 4 heterocycles. The third-order valence-corrected chi connectivity index (χ3v) is 6.41. The minimum absolute atomic E-state index is 0.0253. The van der Waals surface area contributed by atoms with Crippen LogP contribution in [0.15, 0.2) is 17.8 Å². The fourth-order valence-electron chi connectivity index (χ4n) is 4.21. The predicted octanol–water partition coefficient (Wildman–Crippen LogP) is 2.23. The van der Waals surface area contributed by atoms with E-state index in [0.29, 0.717) is 19.5 Å². The molecule has 138 valence electrons. The van der Waals surface area contributed by atoms with Gasteiger partial charge in [-0.05, 0) is 36.6 Å². The van der Waals surface area contributed by atoms with Crippen molar-refractivity contribution in [2.24, 2.45) is 11.8 Å². The van der Waals surface area contributed by atoms with Crippen molar-refractivity contribution in [3.05, 3.63) is 17.8 Å². The number of aromatic nitrogens is 2. The molecule has 2 aliphatic rings. The molecular formula is C18H22N4O3S. The molecule has 0 spiro atoms. The highest BCUT2D eigenvalue weighted by molar-refractivity contribution is 7.16. The quantitative estimate of drug-likeness (QED) is 0.887. The Morgan fingerprint density at radius 1 is 1.27 bits per heavy atom. The van der Waals surface area contributed by atoms with E-state index in [1.807, 2.05) is 23.3 Å². The molecule has 2 aromatic rings. The van der Waals surface area contributed by atoms with Gasteiger partial charge in [0.2, 0.25) is 5.91 Å². The van der Waals surface area contributed by atoms with Gasteiger partial charge in [-0.3, -0.25) is 9.59 Å². The van der Waals surface area contributed by atoms with Crippen LogP contribution in [0.2, 0.25) is 0 Å². The third-order valence-electron chi connectivity index (χ3n) is 5.58. The number of nitrogens with zero attached hydrogens (tertiary/aromatic N) is 4. The normalized spacial score (nSPS) is 26.4. The van der Waals surface area contributed by atoms with Gasteiger partial charge in [0.05, 0.1) is 11.3 Å². The second kappa shape index (κ2) is 6.83. The van der Waals surface area contributed by atoms with Gasteiger partial charge in [0.1, 0.15) is 23.0 Å². The first-order chi connectivity index (χ1) is 12.6. The van der Waals surface area contributed by atoms with E-state index in [0.717, 1.165) is 35.4 Å². The summed E-state index contributed by atoms with van der Waals surface area (Å²) in [6, 6.07) is 1.79. The van der Waals surface area contributed by atoms with Crippen LogP contribution < -0.4 is 4.90 Å². The molecule has 4 rings (SSSR count). The van der Waals surface area contributed by atoms with Crippen LogP contribution in [-0.4, -0.2) is 57.5 Å². The zero-order valence-electron chi connectivity index (χ0n) is 14.7. The molecule has 3 unspecified atom stereocenters. The highest BCUT2D eigenvalue weighted by Gasteiger charge is 2.39.